The molecule has 7 heteroatoms. The monoisotopic (exact) mass is 321 g/mol. The molecule has 126 valence electrons. The van der Waals surface area contributed by atoms with Gasteiger partial charge in [0.1, 0.15) is 5.60 Å². The number of nitrogens with one attached hydrogen (secondary N) is 1. The average molecular weight is 321 g/mol. The second kappa shape index (κ2) is 6.95. The third kappa shape index (κ3) is 5.21. The van der Waals surface area contributed by atoms with Crippen molar-refractivity contribution < 1.29 is 14.5 Å². The van der Waals surface area contributed by atoms with E-state index in [9.17, 15) is 14.9 Å². The van der Waals surface area contributed by atoms with Crippen molar-refractivity contribution in [2.75, 3.05) is 13.1 Å². The summed E-state index contributed by atoms with van der Waals surface area (Å²) >= 11 is 0. The van der Waals surface area contributed by atoms with Gasteiger partial charge in [-0.3, -0.25) is 15.0 Å². The molecule has 23 heavy (non-hydrogen) atoms. The Morgan fingerprint density at radius 1 is 1.43 bits per heavy atom. The van der Waals surface area contributed by atoms with E-state index in [1.54, 1.807) is 18.2 Å². The van der Waals surface area contributed by atoms with E-state index in [0.29, 0.717) is 18.7 Å². The maximum absolute atomic E-state index is 11.8. The van der Waals surface area contributed by atoms with E-state index in [4.69, 9.17) is 4.74 Å². The molecule has 0 unspecified atom stereocenters. The van der Waals surface area contributed by atoms with Crippen molar-refractivity contribution in [1.29, 1.82) is 0 Å². The molecule has 1 aromatic carbocycles. The zero-order chi connectivity index (χ0) is 17.0. The Labute approximate surface area is 135 Å². The van der Waals surface area contributed by atoms with Crippen LogP contribution in [0.3, 0.4) is 0 Å². The Balaban J connectivity index is 1.89. The SMILES string of the molecule is CC(C)(C)OC(=O)N[C@H]1CCN(Cc2ccccc2[N+](=O)[O-])C1. The van der Waals surface area contributed by atoms with Gasteiger partial charge in [-0.1, -0.05) is 18.2 Å². The number of benzene rings is 1. The highest BCUT2D eigenvalue weighted by Gasteiger charge is 2.27. The van der Waals surface area contributed by atoms with Crippen LogP contribution in [0.4, 0.5) is 10.5 Å². The van der Waals surface area contributed by atoms with E-state index in [2.05, 4.69) is 10.2 Å². The molecule has 0 radical (unpaired) electrons. The first kappa shape index (κ1) is 17.2. The largest absolute Gasteiger partial charge is 0.444 e. The molecule has 1 aromatic rings. The smallest absolute Gasteiger partial charge is 0.407 e. The maximum Gasteiger partial charge on any atom is 0.407 e. The molecule has 1 fully saturated rings. The van der Waals surface area contributed by atoms with Gasteiger partial charge in [-0.25, -0.2) is 4.79 Å². The molecule has 0 saturated carbocycles. The number of likely N-dealkylation sites (tertiary alicyclic amines) is 1. The lowest BCUT2D eigenvalue weighted by atomic mass is 10.1. The molecule has 1 aliphatic rings. The summed E-state index contributed by atoms with van der Waals surface area (Å²) in [7, 11) is 0. The number of carbonyl (C=O) groups excluding carboxylic acids is 1. The van der Waals surface area contributed by atoms with E-state index < -0.39 is 11.7 Å². The summed E-state index contributed by atoms with van der Waals surface area (Å²) in [5.41, 5.74) is 0.305. The molecule has 0 aromatic heterocycles. The molecule has 1 atom stereocenters. The lowest BCUT2D eigenvalue weighted by Crippen LogP contribution is -2.40. The molecule has 1 N–H and O–H groups in total. The molecule has 0 bridgehead atoms. The minimum Gasteiger partial charge on any atom is -0.444 e. The summed E-state index contributed by atoms with van der Waals surface area (Å²) in [6, 6.07) is 6.76. The second-order valence-corrected chi connectivity index (χ2v) is 6.75. The summed E-state index contributed by atoms with van der Waals surface area (Å²) in [4.78, 5) is 24.6. The fraction of sp³-hybridized carbons (Fsp3) is 0.562. The molecule has 1 saturated heterocycles. The van der Waals surface area contributed by atoms with E-state index in [-0.39, 0.29) is 16.7 Å². The predicted octanol–water partition coefficient (Wildman–Crippen LogP) is 2.69. The topological polar surface area (TPSA) is 84.7 Å². The standard InChI is InChI=1S/C16H23N3O4/c1-16(2,3)23-15(20)17-13-8-9-18(11-13)10-12-6-4-5-7-14(12)19(21)22/h4-7,13H,8-11H2,1-3H3,(H,17,20)/t13-/m0/s1. The van der Waals surface area contributed by atoms with Crippen molar-refractivity contribution in [2.45, 2.75) is 45.4 Å². The summed E-state index contributed by atoms with van der Waals surface area (Å²) in [5.74, 6) is 0. The van der Waals surface area contributed by atoms with Crippen molar-refractivity contribution in [3.63, 3.8) is 0 Å². The van der Waals surface area contributed by atoms with Crippen LogP contribution in [0.2, 0.25) is 0 Å². The number of rotatable bonds is 4. The first-order valence-electron chi connectivity index (χ1n) is 7.69. The Bertz CT molecular complexity index is 583. The third-order valence-corrected chi connectivity index (χ3v) is 3.58. The maximum atomic E-state index is 11.8. The molecule has 0 aliphatic carbocycles. The normalized spacial score (nSPS) is 18.7. The number of amides is 1. The third-order valence-electron chi connectivity index (χ3n) is 3.58. The van der Waals surface area contributed by atoms with Crippen LogP contribution in [-0.4, -0.2) is 40.6 Å². The Morgan fingerprint density at radius 2 is 2.13 bits per heavy atom. The minimum atomic E-state index is -0.521. The molecule has 7 nitrogen and oxygen atoms in total. The van der Waals surface area contributed by atoms with Crippen LogP contribution < -0.4 is 5.32 Å². The number of hydrogen-bond donors (Lipinski definition) is 1. The van der Waals surface area contributed by atoms with Crippen LogP contribution in [0.15, 0.2) is 24.3 Å². The number of nitro groups is 1. The van der Waals surface area contributed by atoms with Crippen LogP contribution in [0.25, 0.3) is 0 Å². The van der Waals surface area contributed by atoms with Crippen molar-refractivity contribution in [1.82, 2.24) is 10.2 Å². The van der Waals surface area contributed by atoms with E-state index in [1.165, 1.54) is 6.07 Å². The van der Waals surface area contributed by atoms with Crippen molar-refractivity contribution in [2.24, 2.45) is 0 Å². The fourth-order valence-corrected chi connectivity index (χ4v) is 2.63. The van der Waals surface area contributed by atoms with Gasteiger partial charge in [-0.05, 0) is 27.2 Å². The van der Waals surface area contributed by atoms with Crippen LogP contribution in [0, 0.1) is 10.1 Å². The van der Waals surface area contributed by atoms with Crippen LogP contribution >= 0.6 is 0 Å². The Kier molecular flexibility index (Phi) is 5.20. The van der Waals surface area contributed by atoms with E-state index in [0.717, 1.165) is 13.0 Å². The number of hydrogen-bond acceptors (Lipinski definition) is 5. The van der Waals surface area contributed by atoms with Crippen LogP contribution in [0.5, 0.6) is 0 Å². The van der Waals surface area contributed by atoms with Gasteiger partial charge in [0.15, 0.2) is 0 Å². The molecular formula is C16H23N3O4. The number of nitro benzene ring substituents is 1. The van der Waals surface area contributed by atoms with Gasteiger partial charge in [0.25, 0.3) is 5.69 Å². The van der Waals surface area contributed by atoms with Crippen molar-refractivity contribution in [3.8, 4) is 0 Å². The van der Waals surface area contributed by atoms with Crippen LogP contribution in [-0.2, 0) is 11.3 Å². The van der Waals surface area contributed by atoms with Crippen molar-refractivity contribution in [3.05, 3.63) is 39.9 Å². The molecule has 1 amide bonds. The molecule has 1 heterocycles. The summed E-state index contributed by atoms with van der Waals surface area (Å²) in [6.45, 7) is 7.41. The summed E-state index contributed by atoms with van der Waals surface area (Å²) < 4.78 is 5.25. The highest BCUT2D eigenvalue weighted by molar-refractivity contribution is 5.68. The zero-order valence-electron chi connectivity index (χ0n) is 13.7. The number of para-hydroxylation sites is 1. The van der Waals surface area contributed by atoms with Gasteiger partial charge >= 0.3 is 6.09 Å². The lowest BCUT2D eigenvalue weighted by molar-refractivity contribution is -0.385. The molecule has 2 rings (SSSR count). The average Bonchev–Trinajstić information content (AvgIpc) is 2.84. The highest BCUT2D eigenvalue weighted by atomic mass is 16.6. The summed E-state index contributed by atoms with van der Waals surface area (Å²) in [5, 5.41) is 13.9. The van der Waals surface area contributed by atoms with Gasteiger partial charge in [-0.2, -0.15) is 0 Å². The predicted molar refractivity (Wildman–Crippen MR) is 86.1 cm³/mol. The fourth-order valence-electron chi connectivity index (χ4n) is 2.63. The first-order valence-corrected chi connectivity index (χ1v) is 7.69. The number of nitrogens with zero attached hydrogens (tertiary/aromatic N) is 2. The minimum absolute atomic E-state index is 0.00705. The van der Waals surface area contributed by atoms with Gasteiger partial charge in [0, 0.05) is 37.3 Å². The van der Waals surface area contributed by atoms with Gasteiger partial charge in [-0.15, -0.1) is 0 Å². The van der Waals surface area contributed by atoms with E-state index in [1.807, 2.05) is 20.8 Å². The van der Waals surface area contributed by atoms with Crippen LogP contribution in [0.1, 0.15) is 32.8 Å². The van der Waals surface area contributed by atoms with Gasteiger partial charge in [0.05, 0.1) is 4.92 Å². The molecule has 0 spiro atoms. The second-order valence-electron chi connectivity index (χ2n) is 6.75. The number of carbonyl (C=O) groups is 1. The molecular weight excluding hydrogens is 298 g/mol. The Morgan fingerprint density at radius 3 is 2.78 bits per heavy atom. The molecule has 1 aliphatic heterocycles. The quantitative estimate of drug-likeness (QED) is 0.681. The first-order chi connectivity index (χ1) is 10.7. The zero-order valence-corrected chi connectivity index (χ0v) is 13.7. The van der Waals surface area contributed by atoms with Crippen molar-refractivity contribution >= 4 is 11.8 Å². The van der Waals surface area contributed by atoms with Gasteiger partial charge < -0.3 is 10.1 Å². The van der Waals surface area contributed by atoms with E-state index >= 15 is 0 Å². The number of ether oxygens (including phenoxy) is 1. The Hall–Kier alpha value is -2.15. The lowest BCUT2D eigenvalue weighted by Gasteiger charge is -2.22. The highest BCUT2D eigenvalue weighted by Crippen LogP contribution is 2.22. The number of alkyl carbamates (subject to hydrolysis) is 1. The van der Waals surface area contributed by atoms with Gasteiger partial charge in [0.2, 0.25) is 0 Å². The summed E-state index contributed by atoms with van der Waals surface area (Å²) in [6.07, 6.45) is 0.384.